The molecule has 7 aromatic rings. The van der Waals surface area contributed by atoms with Crippen LogP contribution in [0.15, 0.2) is 114 Å². The Balaban J connectivity index is 0.000000193. The average Bonchev–Trinajstić information content (AvgIpc) is 3.43. The standard InChI is InChI=1S/C24H15FNO.C18H24GeN.Ir/c1-15-10-11-26-22(12-15)21-7-3-6-20-19-9-8-17(14-23(19)27-24(20)21)16-4-2-5-18(25)13-16;1-14(2)11-16-12-18(15-9-7-6-8-10-15)20-13-17(16)19(3,4)5;/h2-6,8-14H,1H3;6-9,12-14H,11H2,1-5H3;/q2*-1;. The van der Waals surface area contributed by atoms with Crippen molar-refractivity contribution >= 4 is 39.6 Å². The Bertz CT molecular complexity index is 2170. The number of nitrogens with zero attached hydrogens (tertiary/aromatic N) is 2. The monoisotopic (exact) mass is 873 g/mol. The predicted octanol–water partition coefficient (Wildman–Crippen LogP) is 10.9. The van der Waals surface area contributed by atoms with Gasteiger partial charge < -0.3 is 9.40 Å². The van der Waals surface area contributed by atoms with Gasteiger partial charge in [-0.05, 0) is 48.0 Å². The van der Waals surface area contributed by atoms with Crippen LogP contribution in [0.1, 0.15) is 25.0 Å². The van der Waals surface area contributed by atoms with Crippen molar-refractivity contribution in [1.82, 2.24) is 9.97 Å². The van der Waals surface area contributed by atoms with Crippen molar-refractivity contribution in [3.63, 3.8) is 0 Å². The van der Waals surface area contributed by atoms with Crippen molar-refractivity contribution in [1.29, 1.82) is 0 Å². The van der Waals surface area contributed by atoms with E-state index in [2.05, 4.69) is 66.6 Å². The van der Waals surface area contributed by atoms with Crippen molar-refractivity contribution in [2.24, 2.45) is 5.92 Å². The molecule has 0 atom stereocenters. The van der Waals surface area contributed by atoms with E-state index in [1.54, 1.807) is 16.7 Å². The summed E-state index contributed by atoms with van der Waals surface area (Å²) in [5.41, 5.74) is 9.73. The Hall–Kier alpha value is -3.90. The van der Waals surface area contributed by atoms with Crippen molar-refractivity contribution in [3.05, 3.63) is 139 Å². The van der Waals surface area contributed by atoms with Gasteiger partial charge >= 0.3 is 126 Å². The van der Waals surface area contributed by atoms with Crippen LogP contribution in [0.25, 0.3) is 55.6 Å². The molecule has 0 saturated heterocycles. The van der Waals surface area contributed by atoms with Crippen LogP contribution in [0.5, 0.6) is 0 Å². The molecule has 0 spiro atoms. The van der Waals surface area contributed by atoms with Crippen LogP contribution in [0.4, 0.5) is 4.39 Å². The molecule has 245 valence electrons. The zero-order valence-electron chi connectivity index (χ0n) is 28.2. The largest absolute Gasteiger partial charge is 0.501 e. The third kappa shape index (κ3) is 8.03. The molecule has 0 aliphatic rings. The molecular weight excluding hydrogens is 832 g/mol. The van der Waals surface area contributed by atoms with Gasteiger partial charge in [-0.15, -0.1) is 18.2 Å². The van der Waals surface area contributed by atoms with Crippen LogP contribution in [0.3, 0.4) is 0 Å². The number of benzene rings is 4. The summed E-state index contributed by atoms with van der Waals surface area (Å²) in [6.45, 7) is 6.61. The molecule has 4 aromatic carbocycles. The first kappa shape index (κ1) is 35.4. The van der Waals surface area contributed by atoms with Crippen LogP contribution in [0, 0.1) is 30.8 Å². The number of aryl methyl sites for hydroxylation is 1. The minimum Gasteiger partial charge on any atom is -0.501 e. The number of hydrogen-bond donors (Lipinski definition) is 0. The van der Waals surface area contributed by atoms with Gasteiger partial charge in [-0.2, -0.15) is 0 Å². The molecule has 3 aromatic heterocycles. The smallest absolute Gasteiger partial charge is 0.123 e. The van der Waals surface area contributed by atoms with Crippen LogP contribution in [-0.4, -0.2) is 23.2 Å². The third-order valence-electron chi connectivity index (χ3n) is 8.17. The molecule has 1 radical (unpaired) electrons. The number of pyridine rings is 2. The first-order valence-corrected chi connectivity index (χ1v) is 23.4. The van der Waals surface area contributed by atoms with Crippen LogP contribution < -0.4 is 4.40 Å². The average molecular weight is 872 g/mol. The summed E-state index contributed by atoms with van der Waals surface area (Å²) in [5.74, 6) is 7.74. The molecule has 3 nitrogen and oxygen atoms in total. The van der Waals surface area contributed by atoms with Crippen LogP contribution in [-0.2, 0) is 26.5 Å². The first-order chi connectivity index (χ1) is 22.6. The summed E-state index contributed by atoms with van der Waals surface area (Å²) in [6.07, 6.45) is 5.07. The number of fused-ring (bicyclic) bond motifs is 3. The molecule has 0 aliphatic carbocycles. The van der Waals surface area contributed by atoms with Gasteiger partial charge in [0.05, 0.1) is 5.58 Å². The van der Waals surface area contributed by atoms with E-state index >= 15 is 0 Å². The van der Waals surface area contributed by atoms with Crippen molar-refractivity contribution in [2.75, 3.05) is 0 Å². The molecule has 48 heavy (non-hydrogen) atoms. The van der Waals surface area contributed by atoms with Gasteiger partial charge in [-0.3, -0.25) is 0 Å². The van der Waals surface area contributed by atoms with Crippen molar-refractivity contribution in [2.45, 2.75) is 44.5 Å². The fourth-order valence-electron chi connectivity index (χ4n) is 5.93. The Labute approximate surface area is 299 Å². The van der Waals surface area contributed by atoms with Gasteiger partial charge in [0, 0.05) is 31.7 Å². The summed E-state index contributed by atoms with van der Waals surface area (Å²) >= 11 is -1.86. The fourth-order valence-corrected chi connectivity index (χ4v) is 9.27. The normalized spacial score (nSPS) is 11.3. The Kier molecular flexibility index (Phi) is 11.1. The first-order valence-electron chi connectivity index (χ1n) is 16.1. The van der Waals surface area contributed by atoms with Gasteiger partial charge in [0.1, 0.15) is 11.4 Å². The number of hydrogen-bond acceptors (Lipinski definition) is 3. The zero-order valence-corrected chi connectivity index (χ0v) is 32.7. The number of furan rings is 1. The molecule has 0 unspecified atom stereocenters. The molecule has 0 N–H and O–H groups in total. The summed E-state index contributed by atoms with van der Waals surface area (Å²) in [4.78, 5) is 9.17. The Morgan fingerprint density at radius 1 is 0.792 bits per heavy atom. The maximum Gasteiger partial charge on any atom is 0.123 e. The molecular formula is C42H39FGeIrN2O-2. The summed E-state index contributed by atoms with van der Waals surface area (Å²) in [6, 6.07) is 37.4. The molecule has 0 fully saturated rings. The van der Waals surface area contributed by atoms with Crippen LogP contribution in [0.2, 0.25) is 17.3 Å². The second kappa shape index (κ2) is 15.1. The van der Waals surface area contributed by atoms with E-state index in [1.165, 1.54) is 17.7 Å². The molecule has 7 rings (SSSR count). The number of rotatable bonds is 6. The van der Waals surface area contributed by atoms with Gasteiger partial charge in [0.25, 0.3) is 0 Å². The van der Waals surface area contributed by atoms with Crippen LogP contribution >= 0.6 is 0 Å². The Morgan fingerprint density at radius 2 is 1.60 bits per heavy atom. The van der Waals surface area contributed by atoms with E-state index in [1.807, 2.05) is 73.7 Å². The van der Waals surface area contributed by atoms with Gasteiger partial charge in [0.2, 0.25) is 0 Å². The molecule has 0 bridgehead atoms. The summed E-state index contributed by atoms with van der Waals surface area (Å²) < 4.78 is 21.3. The van der Waals surface area contributed by atoms with Crippen molar-refractivity contribution < 1.29 is 28.9 Å². The number of halogens is 1. The van der Waals surface area contributed by atoms with Gasteiger partial charge in [-0.25, -0.2) is 4.39 Å². The maximum atomic E-state index is 13.6. The van der Waals surface area contributed by atoms with Crippen molar-refractivity contribution in [3.8, 4) is 33.6 Å². The van der Waals surface area contributed by atoms with E-state index in [4.69, 9.17) is 9.40 Å². The minimum atomic E-state index is -1.86. The fraction of sp³-hybridized carbons (Fsp3) is 0.190. The minimum absolute atomic E-state index is 0. The SMILES string of the molecule is CC(C)Cc1cc(-c2[c-]cccc2)nc[c]1[Ge]([CH3])([CH3])[CH3].Cc1ccnc(-c2[c-]ccc3c2oc2cc(-c4cccc(F)c4)ccc23)c1.[Ir]. The number of aromatic nitrogens is 2. The van der Waals surface area contributed by atoms with E-state index in [9.17, 15) is 4.39 Å². The van der Waals surface area contributed by atoms with E-state index in [-0.39, 0.29) is 25.9 Å². The van der Waals surface area contributed by atoms with E-state index in [0.717, 1.165) is 67.6 Å². The second-order valence-electron chi connectivity index (χ2n) is 13.5. The summed E-state index contributed by atoms with van der Waals surface area (Å²) in [7, 11) is 0. The zero-order chi connectivity index (χ0) is 33.1. The molecule has 0 saturated carbocycles. The van der Waals surface area contributed by atoms with Gasteiger partial charge in [0.15, 0.2) is 0 Å². The van der Waals surface area contributed by atoms with E-state index < -0.39 is 13.3 Å². The maximum absolute atomic E-state index is 13.6. The summed E-state index contributed by atoms with van der Waals surface area (Å²) in [5, 5.41) is 2.04. The molecule has 0 aliphatic heterocycles. The van der Waals surface area contributed by atoms with Gasteiger partial charge in [-0.1, -0.05) is 46.8 Å². The quantitative estimate of drug-likeness (QED) is 0.123. The third-order valence-corrected chi connectivity index (χ3v) is 12.5. The molecule has 6 heteroatoms. The topological polar surface area (TPSA) is 38.9 Å². The second-order valence-corrected chi connectivity index (χ2v) is 24.1. The predicted molar refractivity (Wildman–Crippen MR) is 196 cm³/mol. The molecule has 3 heterocycles. The molecule has 0 amide bonds. The van der Waals surface area contributed by atoms with E-state index in [0.29, 0.717) is 5.92 Å². The Morgan fingerprint density at radius 3 is 2.31 bits per heavy atom.